The quantitative estimate of drug-likeness (QED) is 0.306. The van der Waals surface area contributed by atoms with Crippen LogP contribution in [0.3, 0.4) is 0 Å². The van der Waals surface area contributed by atoms with E-state index in [1.54, 1.807) is 52.8 Å². The zero-order valence-corrected chi connectivity index (χ0v) is 22.1. The van der Waals surface area contributed by atoms with Crippen LogP contribution in [0.15, 0.2) is 55.0 Å². The van der Waals surface area contributed by atoms with Crippen molar-refractivity contribution in [3.8, 4) is 16.9 Å². The Morgan fingerprint density at radius 3 is 2.55 bits per heavy atom. The van der Waals surface area contributed by atoms with Crippen molar-refractivity contribution in [1.29, 1.82) is 5.41 Å². The smallest absolute Gasteiger partial charge is 0.435 e. The fourth-order valence-corrected chi connectivity index (χ4v) is 4.82. The van der Waals surface area contributed by atoms with E-state index in [9.17, 15) is 22.4 Å². The monoisotopic (exact) mass is 556 g/mol. The van der Waals surface area contributed by atoms with Gasteiger partial charge in [-0.3, -0.25) is 14.9 Å². The lowest BCUT2D eigenvalue weighted by Crippen LogP contribution is -2.30. The van der Waals surface area contributed by atoms with Gasteiger partial charge in [0.05, 0.1) is 19.7 Å². The molecule has 1 amide bonds. The van der Waals surface area contributed by atoms with Gasteiger partial charge in [0, 0.05) is 43.8 Å². The molecule has 1 aliphatic carbocycles. The van der Waals surface area contributed by atoms with Crippen LogP contribution in [0.1, 0.15) is 46.1 Å². The minimum atomic E-state index is -4.70. The fourth-order valence-electron chi connectivity index (χ4n) is 4.82. The van der Waals surface area contributed by atoms with Crippen LogP contribution in [-0.2, 0) is 26.8 Å². The number of nitrogens with one attached hydrogen (secondary N) is 2. The molecule has 2 N–H and O–H groups in total. The van der Waals surface area contributed by atoms with Crippen LogP contribution in [0.5, 0.6) is 5.75 Å². The van der Waals surface area contributed by atoms with E-state index in [0.29, 0.717) is 11.1 Å². The summed E-state index contributed by atoms with van der Waals surface area (Å²) in [6, 6.07) is 8.59. The van der Waals surface area contributed by atoms with Crippen LogP contribution in [0.25, 0.3) is 11.1 Å². The Balaban J connectivity index is 1.55. The van der Waals surface area contributed by atoms with Crippen molar-refractivity contribution in [1.82, 2.24) is 24.2 Å². The highest BCUT2D eigenvalue weighted by atomic mass is 19.4. The largest absolute Gasteiger partial charge is 0.494 e. The lowest BCUT2D eigenvalue weighted by Gasteiger charge is -2.20. The fraction of sp³-hybridized carbons (Fsp3) is 0.321. The number of methoxy groups -OCH3 is 1. The molecule has 0 saturated heterocycles. The number of carbonyl (C=O) groups excluding carboxylic acids is 1. The summed E-state index contributed by atoms with van der Waals surface area (Å²) < 4.78 is 64.9. The van der Waals surface area contributed by atoms with Crippen molar-refractivity contribution in [3.05, 3.63) is 88.8 Å². The van der Waals surface area contributed by atoms with Crippen molar-refractivity contribution in [3.63, 3.8) is 0 Å². The molecule has 0 spiro atoms. The lowest BCUT2D eigenvalue weighted by atomic mass is 9.98. The van der Waals surface area contributed by atoms with Crippen LogP contribution in [0, 0.1) is 17.1 Å². The molecule has 0 bridgehead atoms. The molecule has 0 radical (unpaired) electrons. The molecule has 0 aliphatic heterocycles. The molecule has 1 fully saturated rings. The maximum Gasteiger partial charge on any atom is 0.435 e. The van der Waals surface area contributed by atoms with Gasteiger partial charge >= 0.3 is 6.18 Å². The van der Waals surface area contributed by atoms with Gasteiger partial charge in [0.25, 0.3) is 5.91 Å². The Bertz CT molecular complexity index is 1630. The summed E-state index contributed by atoms with van der Waals surface area (Å²) in [6.45, 7) is 0.163. The summed E-state index contributed by atoms with van der Waals surface area (Å²) in [7, 11) is 4.47. The molecule has 1 aliphatic rings. The molecular formula is C28H28F4N6O2. The van der Waals surface area contributed by atoms with Gasteiger partial charge in [-0.25, -0.2) is 4.39 Å². The number of carbonyl (C=O) groups is 1. The lowest BCUT2D eigenvalue weighted by molar-refractivity contribution is -0.140. The Kier molecular flexibility index (Phi) is 7.03. The Morgan fingerprint density at radius 2 is 1.93 bits per heavy atom. The van der Waals surface area contributed by atoms with Gasteiger partial charge in [0.2, 0.25) is 5.62 Å². The third-order valence-corrected chi connectivity index (χ3v) is 7.01. The molecule has 1 saturated carbocycles. The zero-order valence-electron chi connectivity index (χ0n) is 22.1. The predicted octanol–water partition coefficient (Wildman–Crippen LogP) is 4.80. The molecule has 12 heteroatoms. The molecule has 5 rings (SSSR count). The van der Waals surface area contributed by atoms with E-state index in [1.807, 2.05) is 0 Å². The maximum atomic E-state index is 14.0. The molecule has 40 heavy (non-hydrogen) atoms. The number of benzene rings is 2. The number of imidazole rings is 1. The van der Waals surface area contributed by atoms with E-state index in [-0.39, 0.29) is 40.5 Å². The predicted molar refractivity (Wildman–Crippen MR) is 138 cm³/mol. The topological polar surface area (TPSA) is 89.9 Å². The number of alkyl halides is 3. The number of nitrogens with zero attached hydrogens (tertiary/aromatic N) is 4. The van der Waals surface area contributed by atoms with E-state index in [2.05, 4.69) is 10.4 Å². The third-order valence-electron chi connectivity index (χ3n) is 7.01. The number of aromatic nitrogens is 4. The van der Waals surface area contributed by atoms with E-state index in [4.69, 9.17) is 10.1 Å². The average Bonchev–Trinajstić information content (AvgIpc) is 3.60. The summed E-state index contributed by atoms with van der Waals surface area (Å²) >= 11 is 0. The Hall–Kier alpha value is -4.35. The summed E-state index contributed by atoms with van der Waals surface area (Å²) in [4.78, 5) is 13.6. The second-order valence-electron chi connectivity index (χ2n) is 10.0. The average molecular weight is 557 g/mol. The number of hydrogen-bond acceptors (Lipinski definition) is 4. The summed E-state index contributed by atoms with van der Waals surface area (Å²) in [5.41, 5.74) is 0.530. The van der Waals surface area contributed by atoms with Gasteiger partial charge in [-0.05, 0) is 65.8 Å². The number of amides is 1. The third kappa shape index (κ3) is 5.51. The van der Waals surface area contributed by atoms with Crippen molar-refractivity contribution >= 4 is 5.91 Å². The molecule has 1 atom stereocenters. The molecule has 2 heterocycles. The highest BCUT2D eigenvalue weighted by Gasteiger charge is 2.38. The first kappa shape index (κ1) is 27.2. The molecule has 8 nitrogen and oxygen atoms in total. The summed E-state index contributed by atoms with van der Waals surface area (Å²) in [5.74, 6) is -0.801. The molecule has 2 aromatic carbocycles. The highest BCUT2D eigenvalue weighted by Crippen LogP contribution is 2.42. The van der Waals surface area contributed by atoms with Crippen LogP contribution < -0.4 is 15.7 Å². The van der Waals surface area contributed by atoms with Crippen molar-refractivity contribution < 1.29 is 27.1 Å². The minimum absolute atomic E-state index is 0.0593. The van der Waals surface area contributed by atoms with Crippen molar-refractivity contribution in [2.75, 3.05) is 7.11 Å². The number of hydrogen-bond donors (Lipinski definition) is 2. The molecular weight excluding hydrogens is 528 g/mol. The molecule has 4 aromatic rings. The van der Waals surface area contributed by atoms with Gasteiger partial charge in [0.15, 0.2) is 17.3 Å². The van der Waals surface area contributed by atoms with Crippen LogP contribution in [0.4, 0.5) is 17.6 Å². The van der Waals surface area contributed by atoms with Crippen molar-refractivity contribution in [2.24, 2.45) is 20.0 Å². The second-order valence-corrected chi connectivity index (χ2v) is 10.0. The Labute approximate surface area is 227 Å². The van der Waals surface area contributed by atoms with Gasteiger partial charge < -0.3 is 19.2 Å². The van der Waals surface area contributed by atoms with Crippen LogP contribution in [-0.4, -0.2) is 31.9 Å². The number of rotatable bonds is 8. The highest BCUT2D eigenvalue weighted by molar-refractivity contribution is 5.96. The van der Waals surface area contributed by atoms with Crippen LogP contribution in [0.2, 0.25) is 0 Å². The first-order valence-electron chi connectivity index (χ1n) is 12.6. The van der Waals surface area contributed by atoms with Gasteiger partial charge in [-0.1, -0.05) is 6.07 Å². The minimum Gasteiger partial charge on any atom is -0.494 e. The molecule has 2 aromatic heterocycles. The summed E-state index contributed by atoms with van der Waals surface area (Å²) in [5, 5.41) is 14.9. The normalized spacial score (nSPS) is 14.3. The van der Waals surface area contributed by atoms with E-state index in [0.717, 1.165) is 17.5 Å². The SMILES string of the molecule is COc1cc(C(NC(=O)c2cc(Cn3ccn(C)c3=N)cc(-c3cn(C)nc3C(F)(F)F)c2)C2CC2)ccc1F. The number of halogens is 4. The molecule has 1 unspecified atom stereocenters. The standard InChI is InChI=1S/C28H28F4N6O2/c1-36-8-9-38(27(36)33)14-16-10-19(21-15-37(2)35-25(21)28(30,31)32)12-20(11-16)26(39)34-24(17-4-5-17)18-6-7-22(29)23(13-18)40-3/h6-13,15,17,24,33H,4-5,14H2,1-3H3,(H,34,39). The first-order chi connectivity index (χ1) is 18.9. The van der Waals surface area contributed by atoms with Crippen molar-refractivity contribution in [2.45, 2.75) is 31.6 Å². The van der Waals surface area contributed by atoms with E-state index >= 15 is 0 Å². The number of aryl methyl sites for hydroxylation is 2. The zero-order chi connectivity index (χ0) is 28.8. The van der Waals surface area contributed by atoms with Gasteiger partial charge in [-0.15, -0.1) is 0 Å². The molecule has 210 valence electrons. The van der Waals surface area contributed by atoms with Crippen LogP contribution >= 0.6 is 0 Å². The van der Waals surface area contributed by atoms with E-state index in [1.165, 1.54) is 32.5 Å². The van der Waals surface area contributed by atoms with Gasteiger partial charge in [-0.2, -0.15) is 18.3 Å². The second kappa shape index (κ2) is 10.3. The Morgan fingerprint density at radius 1 is 1.18 bits per heavy atom. The first-order valence-corrected chi connectivity index (χ1v) is 12.6. The number of ether oxygens (including phenoxy) is 1. The van der Waals surface area contributed by atoms with Gasteiger partial charge in [0.1, 0.15) is 0 Å². The van der Waals surface area contributed by atoms with E-state index < -0.39 is 29.6 Å². The summed E-state index contributed by atoms with van der Waals surface area (Å²) in [6.07, 6.45) is 1.70. The maximum absolute atomic E-state index is 14.0.